The predicted octanol–water partition coefficient (Wildman–Crippen LogP) is 1.39. The first-order chi connectivity index (χ1) is 17.7. The number of fused-ring (bicyclic) bond motifs is 3. The van der Waals surface area contributed by atoms with Crippen LogP contribution in [0.5, 0.6) is 17.2 Å². The maximum absolute atomic E-state index is 12.9. The Morgan fingerprint density at radius 3 is 2.49 bits per heavy atom. The van der Waals surface area contributed by atoms with Gasteiger partial charge < -0.3 is 39.6 Å². The van der Waals surface area contributed by atoms with Crippen LogP contribution in [0, 0.1) is 0 Å². The van der Waals surface area contributed by atoms with E-state index >= 15 is 0 Å². The molecule has 1 fully saturated rings. The van der Waals surface area contributed by atoms with E-state index in [2.05, 4.69) is 5.32 Å². The second-order valence-corrected chi connectivity index (χ2v) is 9.76. The summed E-state index contributed by atoms with van der Waals surface area (Å²) in [6.07, 6.45) is -2.61. The molecule has 5 atom stereocenters. The van der Waals surface area contributed by atoms with Gasteiger partial charge >= 0.3 is 0 Å². The number of hydrogen-bond acceptors (Lipinski definition) is 10. The smallest absolute Gasteiger partial charge is 0.229 e. The van der Waals surface area contributed by atoms with Crippen molar-refractivity contribution in [3.05, 3.63) is 45.6 Å². The lowest BCUT2D eigenvalue weighted by atomic mass is 9.95. The third-order valence-corrected chi connectivity index (χ3v) is 7.35. The number of rotatable bonds is 6. The molecule has 2 aliphatic rings. The number of carbonyl (C=O) groups is 1. The molecule has 0 unspecified atom stereocenters. The van der Waals surface area contributed by atoms with Gasteiger partial charge in [-0.2, -0.15) is 0 Å². The number of ether oxygens (including phenoxy) is 4. The Labute approximate surface area is 218 Å². The Hall–Kier alpha value is -2.83. The number of nitrogens with one attached hydrogen (secondary N) is 1. The van der Waals surface area contributed by atoms with Gasteiger partial charge in [0.1, 0.15) is 18.3 Å². The molecule has 37 heavy (non-hydrogen) atoms. The Morgan fingerprint density at radius 2 is 1.84 bits per heavy atom. The molecule has 0 spiro atoms. The first-order valence-electron chi connectivity index (χ1n) is 11.8. The molecule has 0 radical (unpaired) electrons. The zero-order valence-electron chi connectivity index (χ0n) is 21.0. The fraction of sp³-hybridized carbons (Fsp3) is 0.462. The van der Waals surface area contributed by atoms with Crippen LogP contribution >= 0.6 is 11.8 Å². The summed E-state index contributed by atoms with van der Waals surface area (Å²) < 4.78 is 22.8. The van der Waals surface area contributed by atoms with Crippen LogP contribution in [0.4, 0.5) is 0 Å². The van der Waals surface area contributed by atoms with Gasteiger partial charge in [-0.3, -0.25) is 9.59 Å². The summed E-state index contributed by atoms with van der Waals surface area (Å²) in [7, 11) is 2.93. The highest BCUT2D eigenvalue weighted by molar-refractivity contribution is 7.98. The molecular weight excluding hydrogens is 502 g/mol. The van der Waals surface area contributed by atoms with Gasteiger partial charge in [0, 0.05) is 12.5 Å². The summed E-state index contributed by atoms with van der Waals surface area (Å²) in [4.78, 5) is 25.5. The highest BCUT2D eigenvalue weighted by atomic mass is 32.2. The molecule has 1 saturated heterocycles. The zero-order chi connectivity index (χ0) is 26.9. The topological polar surface area (TPSA) is 144 Å². The molecule has 10 nitrogen and oxygen atoms in total. The van der Waals surface area contributed by atoms with E-state index in [1.165, 1.54) is 32.9 Å². The molecule has 2 aromatic carbocycles. The van der Waals surface area contributed by atoms with E-state index in [0.717, 1.165) is 5.56 Å². The van der Waals surface area contributed by atoms with Gasteiger partial charge in [0.2, 0.25) is 17.9 Å². The second-order valence-electron chi connectivity index (χ2n) is 8.91. The van der Waals surface area contributed by atoms with E-state index in [0.29, 0.717) is 40.2 Å². The average molecular weight is 534 g/mol. The summed E-state index contributed by atoms with van der Waals surface area (Å²) in [6.45, 7) is 1.22. The van der Waals surface area contributed by atoms with Gasteiger partial charge in [-0.25, -0.2) is 0 Å². The maximum Gasteiger partial charge on any atom is 0.229 e. The van der Waals surface area contributed by atoms with Crippen molar-refractivity contribution in [1.82, 2.24) is 5.32 Å². The van der Waals surface area contributed by atoms with Crippen molar-refractivity contribution in [3.63, 3.8) is 0 Å². The number of aliphatic hydroxyl groups excluding tert-OH is 3. The SMILES string of the molecule is COc1c(O[C@H]2OC[C@H](O)[C@@H](O)[C@@H]2O)cc2c(c1OC)-c1ccc(SC)c(=O)cc1[C@@H](NC(C)=O)CC2. The molecule has 0 saturated carbocycles. The lowest BCUT2D eigenvalue weighted by Gasteiger charge is -2.35. The molecule has 1 aliphatic heterocycles. The van der Waals surface area contributed by atoms with Gasteiger partial charge in [0.15, 0.2) is 16.9 Å². The summed E-state index contributed by atoms with van der Waals surface area (Å²) >= 11 is 1.34. The maximum atomic E-state index is 12.9. The molecule has 4 rings (SSSR count). The zero-order valence-corrected chi connectivity index (χ0v) is 21.8. The van der Waals surface area contributed by atoms with Crippen molar-refractivity contribution in [1.29, 1.82) is 0 Å². The molecule has 1 aliphatic carbocycles. The predicted molar refractivity (Wildman–Crippen MR) is 136 cm³/mol. The van der Waals surface area contributed by atoms with E-state index in [1.807, 2.05) is 12.3 Å². The third-order valence-electron chi connectivity index (χ3n) is 6.58. The van der Waals surface area contributed by atoms with Gasteiger partial charge in [-0.1, -0.05) is 6.07 Å². The fourth-order valence-electron chi connectivity index (χ4n) is 4.81. The van der Waals surface area contributed by atoms with Gasteiger partial charge in [0.25, 0.3) is 0 Å². The van der Waals surface area contributed by atoms with Crippen LogP contribution in [0.1, 0.15) is 30.5 Å². The number of methoxy groups -OCH3 is 2. The number of carbonyl (C=O) groups excluding carboxylic acids is 1. The molecule has 200 valence electrons. The minimum absolute atomic E-state index is 0.150. The molecule has 11 heteroatoms. The van der Waals surface area contributed by atoms with Crippen LogP contribution < -0.4 is 25.0 Å². The van der Waals surface area contributed by atoms with Crippen LogP contribution in [-0.4, -0.2) is 72.9 Å². The largest absolute Gasteiger partial charge is 0.492 e. The van der Waals surface area contributed by atoms with Crippen molar-refractivity contribution in [3.8, 4) is 28.4 Å². The lowest BCUT2D eigenvalue weighted by molar-refractivity contribution is -0.242. The van der Waals surface area contributed by atoms with Gasteiger partial charge in [-0.05, 0) is 54.0 Å². The van der Waals surface area contributed by atoms with E-state index in [4.69, 9.17) is 18.9 Å². The quantitative estimate of drug-likeness (QED) is 0.402. The number of amides is 1. The molecule has 4 N–H and O–H groups in total. The van der Waals surface area contributed by atoms with Crippen molar-refractivity contribution in [2.45, 2.75) is 55.3 Å². The normalized spacial score (nSPS) is 24.8. The molecule has 1 heterocycles. The Balaban J connectivity index is 1.90. The number of aliphatic hydroxyl groups is 3. The van der Waals surface area contributed by atoms with E-state index < -0.39 is 30.6 Å². The minimum Gasteiger partial charge on any atom is -0.492 e. The van der Waals surface area contributed by atoms with Crippen molar-refractivity contribution in [2.75, 3.05) is 27.1 Å². The van der Waals surface area contributed by atoms with Crippen LogP contribution in [-0.2, 0) is 16.0 Å². The lowest BCUT2D eigenvalue weighted by Crippen LogP contribution is -2.54. The number of hydrogen-bond donors (Lipinski definition) is 4. The van der Waals surface area contributed by atoms with Crippen LogP contribution in [0.15, 0.2) is 34.0 Å². The highest BCUT2D eigenvalue weighted by Gasteiger charge is 2.40. The van der Waals surface area contributed by atoms with Gasteiger partial charge in [-0.15, -0.1) is 11.8 Å². The third kappa shape index (κ3) is 5.27. The summed E-state index contributed by atoms with van der Waals surface area (Å²) in [5, 5.41) is 33.2. The number of thioether (sulfide) groups is 1. The standard InChI is InChI=1S/C26H31NO9S/c1-12(28)27-16-7-5-13-9-19(36-26-23(32)22(31)18(30)11-35-26)24(33-2)25(34-3)21(13)14-6-8-20(37-4)17(29)10-15(14)16/h6,8-10,16,18,22-23,26,30-32H,5,7,11H2,1-4H3,(H,27,28)/t16-,18-,22+,23-,26+/m0/s1. The second kappa shape index (κ2) is 11.3. The number of aryl methyl sites for hydroxylation is 1. The van der Waals surface area contributed by atoms with E-state index in [-0.39, 0.29) is 29.4 Å². The average Bonchev–Trinajstić information content (AvgIpc) is 3.11. The Morgan fingerprint density at radius 1 is 1.11 bits per heavy atom. The van der Waals surface area contributed by atoms with Crippen LogP contribution in [0.3, 0.4) is 0 Å². The van der Waals surface area contributed by atoms with Crippen LogP contribution in [0.25, 0.3) is 11.1 Å². The van der Waals surface area contributed by atoms with Crippen molar-refractivity contribution >= 4 is 17.7 Å². The van der Waals surface area contributed by atoms with Crippen molar-refractivity contribution < 1.29 is 39.1 Å². The van der Waals surface area contributed by atoms with E-state index in [1.54, 1.807) is 18.2 Å². The summed E-state index contributed by atoms with van der Waals surface area (Å²) in [5.41, 5.74) is 2.71. The monoisotopic (exact) mass is 533 g/mol. The molecule has 0 bridgehead atoms. The summed E-state index contributed by atoms with van der Waals surface area (Å²) in [6, 6.07) is 6.48. The summed E-state index contributed by atoms with van der Waals surface area (Å²) in [5.74, 6) is 0.555. The first-order valence-corrected chi connectivity index (χ1v) is 13.0. The highest BCUT2D eigenvalue weighted by Crippen LogP contribution is 2.50. The van der Waals surface area contributed by atoms with Crippen LogP contribution in [0.2, 0.25) is 0 Å². The Kier molecular flexibility index (Phi) is 8.29. The van der Waals surface area contributed by atoms with Crippen molar-refractivity contribution in [2.24, 2.45) is 0 Å². The molecular formula is C26H31NO9S. The molecule has 1 amide bonds. The molecule has 0 aromatic heterocycles. The van der Waals surface area contributed by atoms with Gasteiger partial charge in [0.05, 0.1) is 31.8 Å². The minimum atomic E-state index is -1.50. The number of benzene rings is 1. The van der Waals surface area contributed by atoms with E-state index in [9.17, 15) is 24.9 Å². The first kappa shape index (κ1) is 27.2. The fourth-order valence-corrected chi connectivity index (χ4v) is 5.27. The molecule has 2 aromatic rings. The Bertz CT molecular complexity index is 1240.